The van der Waals surface area contributed by atoms with Gasteiger partial charge in [0.05, 0.1) is 5.60 Å². The maximum Gasteiger partial charge on any atom is 0.254 e. The molecule has 3 rings (SSSR count). The van der Waals surface area contributed by atoms with Gasteiger partial charge in [0.25, 0.3) is 5.91 Å². The van der Waals surface area contributed by atoms with E-state index in [-0.39, 0.29) is 11.7 Å². The molecule has 1 aromatic rings. The van der Waals surface area contributed by atoms with Gasteiger partial charge in [0, 0.05) is 38.3 Å². The van der Waals surface area contributed by atoms with Crippen molar-refractivity contribution in [3.05, 3.63) is 29.8 Å². The summed E-state index contributed by atoms with van der Waals surface area (Å²) in [5.41, 5.74) is -0.0208. The number of piperazine rings is 1. The lowest BCUT2D eigenvalue weighted by Gasteiger charge is -2.42. The van der Waals surface area contributed by atoms with Crippen LogP contribution in [0.1, 0.15) is 43.0 Å². The van der Waals surface area contributed by atoms with Gasteiger partial charge < -0.3 is 15.1 Å². The molecule has 1 heterocycles. The van der Waals surface area contributed by atoms with Crippen molar-refractivity contribution in [1.82, 2.24) is 9.80 Å². The fourth-order valence-electron chi connectivity index (χ4n) is 3.80. The Hall–Kier alpha value is -1.59. The maximum atomic E-state index is 12.5. The molecule has 132 valence electrons. The lowest BCUT2D eigenvalue weighted by Crippen LogP contribution is -2.53. The molecule has 1 saturated heterocycles. The van der Waals surface area contributed by atoms with E-state index in [4.69, 9.17) is 0 Å². The Morgan fingerprint density at radius 1 is 1.21 bits per heavy atom. The van der Waals surface area contributed by atoms with Crippen LogP contribution in [-0.4, -0.2) is 64.2 Å². The molecule has 0 spiro atoms. The summed E-state index contributed by atoms with van der Waals surface area (Å²) in [5.74, 6) is 0.811. The molecule has 0 radical (unpaired) electrons. The molecule has 1 aliphatic carbocycles. The number of phenols is 1. The van der Waals surface area contributed by atoms with Crippen molar-refractivity contribution in [3.8, 4) is 5.75 Å². The van der Waals surface area contributed by atoms with Gasteiger partial charge in [0.2, 0.25) is 0 Å². The van der Waals surface area contributed by atoms with E-state index in [0.717, 1.165) is 44.7 Å². The monoisotopic (exact) mass is 332 g/mol. The van der Waals surface area contributed by atoms with Crippen molar-refractivity contribution in [2.24, 2.45) is 5.92 Å². The minimum absolute atomic E-state index is 0.0317. The molecule has 5 nitrogen and oxygen atoms in total. The average molecular weight is 332 g/mol. The normalized spacial score (nSPS) is 28.8. The highest BCUT2D eigenvalue weighted by Gasteiger charge is 2.34. The van der Waals surface area contributed by atoms with Gasteiger partial charge in [-0.05, 0) is 49.8 Å². The Balaban J connectivity index is 1.51. The van der Waals surface area contributed by atoms with Gasteiger partial charge in [0.15, 0.2) is 0 Å². The first-order valence-electron chi connectivity index (χ1n) is 8.98. The lowest BCUT2D eigenvalue weighted by atomic mass is 9.79. The molecule has 5 heteroatoms. The topological polar surface area (TPSA) is 64.0 Å². The van der Waals surface area contributed by atoms with E-state index in [2.05, 4.69) is 11.8 Å². The fourth-order valence-corrected chi connectivity index (χ4v) is 3.80. The zero-order valence-electron chi connectivity index (χ0n) is 14.4. The van der Waals surface area contributed by atoms with E-state index in [1.807, 2.05) is 4.90 Å². The number of nitrogens with zero attached hydrogens (tertiary/aromatic N) is 2. The lowest BCUT2D eigenvalue weighted by molar-refractivity contribution is -0.0418. The number of aromatic hydroxyl groups is 1. The van der Waals surface area contributed by atoms with E-state index < -0.39 is 5.60 Å². The molecular weight excluding hydrogens is 304 g/mol. The largest absolute Gasteiger partial charge is 0.508 e. The minimum Gasteiger partial charge on any atom is -0.508 e. The molecule has 0 bridgehead atoms. The average Bonchev–Trinajstić information content (AvgIpc) is 2.58. The molecular formula is C19H28N2O3. The van der Waals surface area contributed by atoms with Crippen molar-refractivity contribution >= 4 is 5.91 Å². The summed E-state index contributed by atoms with van der Waals surface area (Å²) in [6.45, 7) is 5.89. The number of amides is 1. The summed E-state index contributed by atoms with van der Waals surface area (Å²) in [6.07, 6.45) is 3.98. The summed E-state index contributed by atoms with van der Waals surface area (Å²) < 4.78 is 0. The molecule has 0 atom stereocenters. The van der Waals surface area contributed by atoms with Crippen LogP contribution in [0.15, 0.2) is 24.3 Å². The third-order valence-electron chi connectivity index (χ3n) is 5.48. The summed E-state index contributed by atoms with van der Waals surface area (Å²) in [7, 11) is 0. The molecule has 1 aromatic carbocycles. The Bertz CT molecular complexity index is 574. The zero-order chi connectivity index (χ0) is 17.2. The van der Waals surface area contributed by atoms with Crippen LogP contribution in [0.5, 0.6) is 5.75 Å². The highest BCUT2D eigenvalue weighted by molar-refractivity contribution is 5.94. The quantitative estimate of drug-likeness (QED) is 0.890. The number of carbonyl (C=O) groups is 1. The second-order valence-corrected chi connectivity index (χ2v) is 7.53. The van der Waals surface area contributed by atoms with E-state index in [1.165, 1.54) is 6.07 Å². The first-order valence-corrected chi connectivity index (χ1v) is 8.98. The summed E-state index contributed by atoms with van der Waals surface area (Å²) in [6, 6.07) is 6.51. The number of rotatable bonds is 3. The molecule has 2 N–H and O–H groups in total. The number of benzene rings is 1. The number of hydrogen-bond acceptors (Lipinski definition) is 4. The van der Waals surface area contributed by atoms with Gasteiger partial charge in [-0.25, -0.2) is 0 Å². The first-order chi connectivity index (χ1) is 11.5. The van der Waals surface area contributed by atoms with Gasteiger partial charge in [-0.3, -0.25) is 9.69 Å². The summed E-state index contributed by atoms with van der Waals surface area (Å²) in [4.78, 5) is 16.6. The maximum absolute atomic E-state index is 12.5. The van der Waals surface area contributed by atoms with E-state index >= 15 is 0 Å². The van der Waals surface area contributed by atoms with Crippen LogP contribution in [0.4, 0.5) is 0 Å². The van der Waals surface area contributed by atoms with Crippen LogP contribution in [0.25, 0.3) is 0 Å². The summed E-state index contributed by atoms with van der Waals surface area (Å²) >= 11 is 0. The molecule has 0 aromatic heterocycles. The zero-order valence-corrected chi connectivity index (χ0v) is 14.4. The van der Waals surface area contributed by atoms with Crippen molar-refractivity contribution < 1.29 is 15.0 Å². The summed E-state index contributed by atoms with van der Waals surface area (Å²) in [5, 5.41) is 20.3. The third-order valence-corrected chi connectivity index (χ3v) is 5.48. The molecule has 1 aliphatic heterocycles. The smallest absolute Gasteiger partial charge is 0.254 e. The van der Waals surface area contributed by atoms with Crippen molar-refractivity contribution in [2.75, 3.05) is 32.7 Å². The fraction of sp³-hybridized carbons (Fsp3) is 0.632. The van der Waals surface area contributed by atoms with E-state index in [1.54, 1.807) is 18.2 Å². The second-order valence-electron chi connectivity index (χ2n) is 7.53. The Labute approximate surface area is 143 Å². The molecule has 24 heavy (non-hydrogen) atoms. The Morgan fingerprint density at radius 3 is 2.50 bits per heavy atom. The van der Waals surface area contributed by atoms with Gasteiger partial charge in [-0.2, -0.15) is 0 Å². The second kappa shape index (κ2) is 7.11. The highest BCUT2D eigenvalue weighted by Crippen LogP contribution is 2.32. The number of phenolic OH excluding ortho intramolecular Hbond substituents is 1. The van der Waals surface area contributed by atoms with Crippen LogP contribution < -0.4 is 0 Å². The molecule has 1 amide bonds. The number of carbonyl (C=O) groups excluding carboxylic acids is 1. The predicted molar refractivity (Wildman–Crippen MR) is 93.0 cm³/mol. The molecule has 2 fully saturated rings. The standard InChI is InChI=1S/C19H28N2O3/c1-15-5-7-19(24,8-6-15)14-20-9-11-21(12-10-20)18(23)16-3-2-4-17(22)13-16/h2-4,13,15,22,24H,5-12,14H2,1H3. The Morgan fingerprint density at radius 2 is 1.88 bits per heavy atom. The van der Waals surface area contributed by atoms with Crippen molar-refractivity contribution in [3.63, 3.8) is 0 Å². The highest BCUT2D eigenvalue weighted by atomic mass is 16.3. The van der Waals surface area contributed by atoms with E-state index in [9.17, 15) is 15.0 Å². The predicted octanol–water partition coefficient (Wildman–Crippen LogP) is 2.09. The molecule has 1 saturated carbocycles. The van der Waals surface area contributed by atoms with Crippen LogP contribution in [-0.2, 0) is 0 Å². The first kappa shape index (κ1) is 17.2. The van der Waals surface area contributed by atoms with Crippen LogP contribution in [0.2, 0.25) is 0 Å². The SMILES string of the molecule is CC1CCC(O)(CN2CCN(C(=O)c3cccc(O)c3)CC2)CC1. The van der Waals surface area contributed by atoms with Gasteiger partial charge in [-0.1, -0.05) is 13.0 Å². The van der Waals surface area contributed by atoms with Crippen molar-refractivity contribution in [1.29, 1.82) is 0 Å². The van der Waals surface area contributed by atoms with Crippen LogP contribution in [0, 0.1) is 5.92 Å². The molecule has 0 unspecified atom stereocenters. The third kappa shape index (κ3) is 4.08. The van der Waals surface area contributed by atoms with Crippen LogP contribution >= 0.6 is 0 Å². The van der Waals surface area contributed by atoms with Gasteiger partial charge in [0.1, 0.15) is 5.75 Å². The molecule has 2 aliphatic rings. The minimum atomic E-state index is -0.552. The van der Waals surface area contributed by atoms with Gasteiger partial charge in [-0.15, -0.1) is 0 Å². The van der Waals surface area contributed by atoms with Crippen molar-refractivity contribution in [2.45, 2.75) is 38.2 Å². The number of hydrogen-bond donors (Lipinski definition) is 2. The van der Waals surface area contributed by atoms with E-state index in [0.29, 0.717) is 25.2 Å². The number of aliphatic hydroxyl groups is 1. The van der Waals surface area contributed by atoms with Crippen LogP contribution in [0.3, 0.4) is 0 Å². The van der Waals surface area contributed by atoms with Gasteiger partial charge >= 0.3 is 0 Å². The number of β-amino-alcohol motifs (C(OH)–C–C–N with tert-alkyl or cyclic N) is 1. The Kier molecular flexibility index (Phi) is 5.11.